The van der Waals surface area contributed by atoms with Crippen molar-refractivity contribution in [3.05, 3.63) is 35.1 Å². The third-order valence-electron chi connectivity index (χ3n) is 3.17. The maximum atomic E-state index is 13.0. The molecular formula is C13H17FN2O. The zero-order valence-corrected chi connectivity index (χ0v) is 9.87. The lowest BCUT2D eigenvalue weighted by Gasteiger charge is -2.12. The third kappa shape index (κ3) is 3.03. The summed E-state index contributed by atoms with van der Waals surface area (Å²) in [5.74, 6) is -0.103. The molecule has 3 nitrogen and oxygen atoms in total. The molecule has 0 saturated heterocycles. The number of rotatable bonds is 4. The fourth-order valence-electron chi connectivity index (χ4n) is 1.84. The van der Waals surface area contributed by atoms with Gasteiger partial charge in [0.15, 0.2) is 0 Å². The van der Waals surface area contributed by atoms with Crippen molar-refractivity contribution in [3.8, 4) is 0 Å². The molecule has 1 aromatic rings. The predicted molar refractivity (Wildman–Crippen MR) is 64.2 cm³/mol. The number of aryl methyl sites for hydroxylation is 1. The van der Waals surface area contributed by atoms with E-state index in [4.69, 9.17) is 5.73 Å². The molecule has 1 fully saturated rings. The SMILES string of the molecule is Cc1ccc(F)cc1C(=O)NCC(N)C1CC1. The van der Waals surface area contributed by atoms with Gasteiger partial charge in [0.2, 0.25) is 0 Å². The molecule has 92 valence electrons. The molecule has 1 unspecified atom stereocenters. The minimum absolute atomic E-state index is 0.0211. The van der Waals surface area contributed by atoms with Crippen LogP contribution in [0, 0.1) is 18.7 Å². The van der Waals surface area contributed by atoms with Crippen molar-refractivity contribution in [1.82, 2.24) is 5.32 Å². The number of benzene rings is 1. The van der Waals surface area contributed by atoms with E-state index in [-0.39, 0.29) is 11.9 Å². The normalized spacial score (nSPS) is 16.6. The van der Waals surface area contributed by atoms with Crippen molar-refractivity contribution in [2.75, 3.05) is 6.54 Å². The minimum atomic E-state index is -0.396. The molecule has 1 aliphatic carbocycles. The summed E-state index contributed by atoms with van der Waals surface area (Å²) in [6, 6.07) is 4.23. The van der Waals surface area contributed by atoms with E-state index in [0.29, 0.717) is 18.0 Å². The van der Waals surface area contributed by atoms with Crippen LogP contribution in [0.2, 0.25) is 0 Å². The number of carbonyl (C=O) groups is 1. The molecule has 1 aliphatic rings. The first-order chi connectivity index (χ1) is 8.08. The summed E-state index contributed by atoms with van der Waals surface area (Å²) in [6.07, 6.45) is 2.30. The summed E-state index contributed by atoms with van der Waals surface area (Å²) in [5, 5.41) is 2.76. The van der Waals surface area contributed by atoms with Crippen molar-refractivity contribution in [2.45, 2.75) is 25.8 Å². The first-order valence-corrected chi connectivity index (χ1v) is 5.88. The summed E-state index contributed by atoms with van der Waals surface area (Å²) >= 11 is 0. The smallest absolute Gasteiger partial charge is 0.251 e. The van der Waals surface area contributed by atoms with Gasteiger partial charge < -0.3 is 11.1 Å². The number of halogens is 1. The Hall–Kier alpha value is -1.42. The second kappa shape index (κ2) is 4.84. The molecule has 1 aromatic carbocycles. The van der Waals surface area contributed by atoms with Crippen LogP contribution in [0.4, 0.5) is 4.39 Å². The Morgan fingerprint density at radius 2 is 2.29 bits per heavy atom. The molecule has 0 aliphatic heterocycles. The molecule has 17 heavy (non-hydrogen) atoms. The second-order valence-corrected chi connectivity index (χ2v) is 4.67. The highest BCUT2D eigenvalue weighted by molar-refractivity contribution is 5.95. The van der Waals surface area contributed by atoms with E-state index in [0.717, 1.165) is 18.4 Å². The fraction of sp³-hybridized carbons (Fsp3) is 0.462. The van der Waals surface area contributed by atoms with Crippen LogP contribution in [-0.2, 0) is 0 Å². The third-order valence-corrected chi connectivity index (χ3v) is 3.17. The van der Waals surface area contributed by atoms with Crippen LogP contribution in [0.25, 0.3) is 0 Å². The summed E-state index contributed by atoms with van der Waals surface area (Å²) in [6.45, 7) is 2.24. The minimum Gasteiger partial charge on any atom is -0.350 e. The van der Waals surface area contributed by atoms with Gasteiger partial charge in [0, 0.05) is 18.2 Å². The van der Waals surface area contributed by atoms with E-state index in [2.05, 4.69) is 5.32 Å². The Kier molecular flexibility index (Phi) is 3.43. The molecule has 1 amide bonds. The van der Waals surface area contributed by atoms with Crippen molar-refractivity contribution in [3.63, 3.8) is 0 Å². The van der Waals surface area contributed by atoms with E-state index in [1.54, 1.807) is 13.0 Å². The molecule has 0 radical (unpaired) electrons. The van der Waals surface area contributed by atoms with E-state index < -0.39 is 5.82 Å². The molecule has 4 heteroatoms. The van der Waals surface area contributed by atoms with Gasteiger partial charge in [-0.3, -0.25) is 4.79 Å². The fourth-order valence-corrected chi connectivity index (χ4v) is 1.84. The van der Waals surface area contributed by atoms with Crippen LogP contribution < -0.4 is 11.1 Å². The highest BCUT2D eigenvalue weighted by atomic mass is 19.1. The number of hydrogen-bond acceptors (Lipinski definition) is 2. The monoisotopic (exact) mass is 236 g/mol. The second-order valence-electron chi connectivity index (χ2n) is 4.67. The topological polar surface area (TPSA) is 55.1 Å². The lowest BCUT2D eigenvalue weighted by Crippen LogP contribution is -2.38. The molecule has 1 atom stereocenters. The van der Waals surface area contributed by atoms with Gasteiger partial charge in [0.25, 0.3) is 5.91 Å². The van der Waals surface area contributed by atoms with Gasteiger partial charge in [0.1, 0.15) is 5.82 Å². The Balaban J connectivity index is 1.96. The van der Waals surface area contributed by atoms with Gasteiger partial charge in [-0.1, -0.05) is 6.07 Å². The van der Waals surface area contributed by atoms with Gasteiger partial charge in [-0.15, -0.1) is 0 Å². The van der Waals surface area contributed by atoms with Crippen LogP contribution in [0.15, 0.2) is 18.2 Å². The van der Waals surface area contributed by atoms with Crippen molar-refractivity contribution < 1.29 is 9.18 Å². The summed E-state index contributed by atoms with van der Waals surface area (Å²) in [5.41, 5.74) is 7.03. The van der Waals surface area contributed by atoms with Crippen LogP contribution in [0.1, 0.15) is 28.8 Å². The molecule has 1 saturated carbocycles. The predicted octanol–water partition coefficient (Wildman–Crippen LogP) is 1.60. The first-order valence-electron chi connectivity index (χ1n) is 5.88. The lowest BCUT2D eigenvalue weighted by atomic mass is 10.1. The zero-order chi connectivity index (χ0) is 12.4. The molecule has 0 aromatic heterocycles. The average Bonchev–Trinajstić information content (AvgIpc) is 3.12. The average molecular weight is 236 g/mol. The Labute approximate surface area is 100 Å². The van der Waals surface area contributed by atoms with Crippen LogP contribution in [-0.4, -0.2) is 18.5 Å². The molecule has 0 spiro atoms. The largest absolute Gasteiger partial charge is 0.350 e. The quantitative estimate of drug-likeness (QED) is 0.834. The zero-order valence-electron chi connectivity index (χ0n) is 9.87. The Morgan fingerprint density at radius 3 is 2.94 bits per heavy atom. The number of carbonyl (C=O) groups excluding carboxylic acids is 1. The van der Waals surface area contributed by atoms with Crippen LogP contribution in [0.3, 0.4) is 0 Å². The summed E-state index contributed by atoms with van der Waals surface area (Å²) in [4.78, 5) is 11.8. The molecule has 3 N–H and O–H groups in total. The molecule has 0 heterocycles. The maximum Gasteiger partial charge on any atom is 0.251 e. The summed E-state index contributed by atoms with van der Waals surface area (Å²) < 4.78 is 13.0. The number of nitrogens with one attached hydrogen (secondary N) is 1. The number of hydrogen-bond donors (Lipinski definition) is 2. The van der Waals surface area contributed by atoms with Crippen molar-refractivity contribution >= 4 is 5.91 Å². The van der Waals surface area contributed by atoms with E-state index in [9.17, 15) is 9.18 Å². The standard InChI is InChI=1S/C13H17FN2O/c1-8-2-5-10(14)6-11(8)13(17)16-7-12(15)9-3-4-9/h2,5-6,9,12H,3-4,7,15H2,1H3,(H,16,17). The lowest BCUT2D eigenvalue weighted by molar-refractivity contribution is 0.0949. The highest BCUT2D eigenvalue weighted by Gasteiger charge is 2.28. The Morgan fingerprint density at radius 1 is 1.59 bits per heavy atom. The number of amides is 1. The van der Waals surface area contributed by atoms with E-state index >= 15 is 0 Å². The maximum absolute atomic E-state index is 13.0. The van der Waals surface area contributed by atoms with Crippen molar-refractivity contribution in [1.29, 1.82) is 0 Å². The first kappa shape index (κ1) is 12.0. The molecule has 2 rings (SSSR count). The van der Waals surface area contributed by atoms with Crippen LogP contribution >= 0.6 is 0 Å². The summed E-state index contributed by atoms with van der Waals surface area (Å²) in [7, 11) is 0. The molecule has 0 bridgehead atoms. The van der Waals surface area contributed by atoms with Crippen LogP contribution in [0.5, 0.6) is 0 Å². The van der Waals surface area contributed by atoms with Gasteiger partial charge >= 0.3 is 0 Å². The van der Waals surface area contributed by atoms with Gasteiger partial charge in [-0.25, -0.2) is 4.39 Å². The molecular weight excluding hydrogens is 219 g/mol. The van der Waals surface area contributed by atoms with E-state index in [1.165, 1.54) is 12.1 Å². The van der Waals surface area contributed by atoms with Crippen molar-refractivity contribution in [2.24, 2.45) is 11.7 Å². The highest BCUT2D eigenvalue weighted by Crippen LogP contribution is 2.31. The van der Waals surface area contributed by atoms with Gasteiger partial charge in [-0.05, 0) is 43.4 Å². The van der Waals surface area contributed by atoms with E-state index in [1.807, 2.05) is 0 Å². The van der Waals surface area contributed by atoms with Gasteiger partial charge in [-0.2, -0.15) is 0 Å². The van der Waals surface area contributed by atoms with Gasteiger partial charge in [0.05, 0.1) is 0 Å². The Bertz CT molecular complexity index is 429. The number of nitrogens with two attached hydrogens (primary N) is 1.